The van der Waals surface area contributed by atoms with Crippen molar-refractivity contribution in [2.24, 2.45) is 11.3 Å². The zero-order valence-corrected chi connectivity index (χ0v) is 16.5. The highest BCUT2D eigenvalue weighted by Crippen LogP contribution is 2.28. The van der Waals surface area contributed by atoms with Crippen LogP contribution in [0.25, 0.3) is 0 Å². The molecule has 0 heterocycles. The molecule has 24 heavy (non-hydrogen) atoms. The van der Waals surface area contributed by atoms with E-state index in [0.29, 0.717) is 18.1 Å². The van der Waals surface area contributed by atoms with Crippen LogP contribution in [0.4, 0.5) is 0 Å². The molecule has 0 fully saturated rings. The Labute approximate surface area is 148 Å². The fourth-order valence-electron chi connectivity index (χ4n) is 2.73. The summed E-state index contributed by atoms with van der Waals surface area (Å²) in [5, 5.41) is 13.7. The van der Waals surface area contributed by atoms with Gasteiger partial charge in [0.2, 0.25) is 0 Å². The minimum Gasteiger partial charge on any atom is -0.512 e. The average molecular weight is 330 g/mol. The fourth-order valence-corrected chi connectivity index (χ4v) is 2.73. The van der Waals surface area contributed by atoms with Gasteiger partial charge in [0.1, 0.15) is 0 Å². The van der Waals surface area contributed by atoms with Crippen LogP contribution >= 0.6 is 0 Å². The quantitative estimate of drug-likeness (QED) is 0.540. The summed E-state index contributed by atoms with van der Waals surface area (Å²) in [6.07, 6.45) is 13.3. The van der Waals surface area contributed by atoms with Gasteiger partial charge < -0.3 is 10.4 Å². The van der Waals surface area contributed by atoms with Crippen molar-refractivity contribution < 1.29 is 5.11 Å². The van der Waals surface area contributed by atoms with Crippen LogP contribution in [0.5, 0.6) is 0 Å². The Kier molecular flexibility index (Phi) is 7.59. The van der Waals surface area contributed by atoms with Crippen LogP contribution in [0.3, 0.4) is 0 Å². The normalized spacial score (nSPS) is 18.4. The molecule has 2 heteroatoms. The molecular weight excluding hydrogens is 294 g/mol. The van der Waals surface area contributed by atoms with E-state index in [1.165, 1.54) is 5.57 Å². The smallest absolute Gasteiger partial charge is 0.0995 e. The summed E-state index contributed by atoms with van der Waals surface area (Å²) in [5.74, 6) is 0.867. The van der Waals surface area contributed by atoms with Gasteiger partial charge in [-0.1, -0.05) is 59.8 Å². The average Bonchev–Trinajstić information content (AvgIpc) is 2.67. The molecule has 0 aromatic carbocycles. The second-order valence-electron chi connectivity index (χ2n) is 7.68. The monoisotopic (exact) mass is 329 g/mol. The van der Waals surface area contributed by atoms with E-state index in [4.69, 9.17) is 0 Å². The maximum Gasteiger partial charge on any atom is 0.0995 e. The lowest BCUT2D eigenvalue weighted by molar-refractivity contribution is 0.386. The van der Waals surface area contributed by atoms with Gasteiger partial charge in [0.25, 0.3) is 0 Å². The highest BCUT2D eigenvalue weighted by atomic mass is 16.3. The lowest BCUT2D eigenvalue weighted by Crippen LogP contribution is -2.13. The Balaban J connectivity index is 2.91. The minimum absolute atomic E-state index is 0.135. The van der Waals surface area contributed by atoms with Crippen molar-refractivity contribution in [3.05, 3.63) is 58.7 Å². The van der Waals surface area contributed by atoms with Crippen molar-refractivity contribution >= 4 is 0 Å². The molecule has 0 saturated heterocycles. The molecule has 1 rings (SSSR count). The third-order valence-corrected chi connectivity index (χ3v) is 4.44. The third kappa shape index (κ3) is 6.07. The van der Waals surface area contributed by atoms with Crippen LogP contribution in [-0.2, 0) is 0 Å². The molecule has 1 aliphatic rings. The van der Waals surface area contributed by atoms with Crippen LogP contribution < -0.4 is 5.32 Å². The van der Waals surface area contributed by atoms with Crippen molar-refractivity contribution in [3.8, 4) is 0 Å². The second kappa shape index (κ2) is 8.96. The first-order chi connectivity index (χ1) is 11.2. The minimum atomic E-state index is 0.135. The summed E-state index contributed by atoms with van der Waals surface area (Å²) >= 11 is 0. The fraction of sp³-hybridized carbons (Fsp3) is 0.545. The summed E-state index contributed by atoms with van der Waals surface area (Å²) in [6, 6.07) is 0. The summed E-state index contributed by atoms with van der Waals surface area (Å²) in [7, 11) is 0. The molecule has 0 bridgehead atoms. The number of nitrogens with one attached hydrogen (secondary N) is 1. The summed E-state index contributed by atoms with van der Waals surface area (Å²) in [5.41, 5.74) is 4.68. The topological polar surface area (TPSA) is 32.3 Å². The van der Waals surface area contributed by atoms with E-state index < -0.39 is 0 Å². The van der Waals surface area contributed by atoms with Gasteiger partial charge in [0, 0.05) is 17.8 Å². The molecule has 0 aliphatic heterocycles. The largest absolute Gasteiger partial charge is 0.512 e. The lowest BCUT2D eigenvalue weighted by Gasteiger charge is -2.21. The van der Waals surface area contributed by atoms with E-state index in [1.54, 1.807) is 0 Å². The van der Waals surface area contributed by atoms with Crippen LogP contribution in [0.1, 0.15) is 67.7 Å². The maximum absolute atomic E-state index is 10.3. The Morgan fingerprint density at radius 2 is 1.96 bits per heavy atom. The molecule has 2 nitrogen and oxygen atoms in total. The molecule has 1 atom stereocenters. The summed E-state index contributed by atoms with van der Waals surface area (Å²) in [6.45, 7) is 15.3. The lowest BCUT2D eigenvalue weighted by atomic mass is 9.85. The zero-order chi connectivity index (χ0) is 18.3. The number of hydrogen-bond donors (Lipinski definition) is 2. The predicted octanol–water partition coefficient (Wildman–Crippen LogP) is 6.56. The first-order valence-electron chi connectivity index (χ1n) is 9.15. The van der Waals surface area contributed by atoms with E-state index >= 15 is 0 Å². The molecule has 0 spiro atoms. The van der Waals surface area contributed by atoms with Crippen LogP contribution in [0.2, 0.25) is 0 Å². The molecular formula is C22H35NO. The first-order valence-corrected chi connectivity index (χ1v) is 9.15. The molecule has 1 aliphatic carbocycles. The van der Waals surface area contributed by atoms with Crippen LogP contribution in [0, 0.1) is 11.3 Å². The molecule has 0 radical (unpaired) electrons. The summed E-state index contributed by atoms with van der Waals surface area (Å²) in [4.78, 5) is 0. The van der Waals surface area contributed by atoms with Crippen molar-refractivity contribution in [2.45, 2.75) is 67.7 Å². The molecule has 1 unspecified atom stereocenters. The Bertz CT molecular complexity index is 580. The van der Waals surface area contributed by atoms with E-state index in [-0.39, 0.29) is 5.41 Å². The van der Waals surface area contributed by atoms with Gasteiger partial charge in [-0.15, -0.1) is 0 Å². The SMILES string of the molecule is CC/C=C(/C=C(/C)NC1=CCC(O)=C(C(C)CC)C=C1)C(C)(C)C. The van der Waals surface area contributed by atoms with Gasteiger partial charge in [0.15, 0.2) is 0 Å². The van der Waals surface area contributed by atoms with Crippen LogP contribution in [0.15, 0.2) is 58.7 Å². The maximum atomic E-state index is 10.3. The number of aliphatic hydroxyl groups is 1. The van der Waals surface area contributed by atoms with Gasteiger partial charge in [-0.3, -0.25) is 0 Å². The Hall–Kier alpha value is -1.70. The highest BCUT2D eigenvalue weighted by Gasteiger charge is 2.15. The van der Waals surface area contributed by atoms with Gasteiger partial charge in [-0.2, -0.15) is 0 Å². The first kappa shape index (κ1) is 20.3. The molecule has 134 valence electrons. The van der Waals surface area contributed by atoms with E-state index in [0.717, 1.165) is 29.8 Å². The molecule has 0 saturated carbocycles. The van der Waals surface area contributed by atoms with Crippen LogP contribution in [-0.4, -0.2) is 5.11 Å². The van der Waals surface area contributed by atoms with Gasteiger partial charge in [-0.05, 0) is 54.4 Å². The molecule has 0 amide bonds. The molecule has 2 N–H and O–H groups in total. The van der Waals surface area contributed by atoms with Gasteiger partial charge in [-0.25, -0.2) is 0 Å². The molecule has 0 aromatic rings. The Morgan fingerprint density at radius 3 is 2.50 bits per heavy atom. The number of aliphatic hydroxyl groups excluding tert-OH is 1. The zero-order valence-electron chi connectivity index (χ0n) is 16.5. The second-order valence-corrected chi connectivity index (χ2v) is 7.68. The highest BCUT2D eigenvalue weighted by molar-refractivity contribution is 5.37. The van der Waals surface area contributed by atoms with E-state index in [9.17, 15) is 5.11 Å². The number of rotatable bonds is 6. The molecule has 0 aromatic heterocycles. The number of allylic oxidation sites excluding steroid dienone is 8. The van der Waals surface area contributed by atoms with E-state index in [2.05, 4.69) is 84.2 Å². The summed E-state index contributed by atoms with van der Waals surface area (Å²) < 4.78 is 0. The predicted molar refractivity (Wildman–Crippen MR) is 106 cm³/mol. The van der Waals surface area contributed by atoms with Crippen molar-refractivity contribution in [1.82, 2.24) is 5.32 Å². The van der Waals surface area contributed by atoms with Gasteiger partial charge in [0.05, 0.1) is 5.76 Å². The van der Waals surface area contributed by atoms with Crippen molar-refractivity contribution in [1.29, 1.82) is 0 Å². The number of hydrogen-bond acceptors (Lipinski definition) is 2. The van der Waals surface area contributed by atoms with E-state index in [1.807, 2.05) is 0 Å². The third-order valence-electron chi connectivity index (χ3n) is 4.44. The van der Waals surface area contributed by atoms with Crippen molar-refractivity contribution in [2.75, 3.05) is 0 Å². The van der Waals surface area contributed by atoms with Crippen molar-refractivity contribution in [3.63, 3.8) is 0 Å². The van der Waals surface area contributed by atoms with Gasteiger partial charge >= 0.3 is 0 Å². The Morgan fingerprint density at radius 1 is 1.29 bits per heavy atom. The standard InChI is InChI=1S/C22H35NO/c1-8-10-18(22(5,6)7)15-17(4)23-19-11-13-20(16(3)9-2)21(24)14-12-19/h10-13,15-16,23-24H,8-9,14H2,1-7H3/b17-15-,18-10-.